The lowest BCUT2D eigenvalue weighted by molar-refractivity contribution is -0.473. The quantitative estimate of drug-likeness (QED) is 0.125. The lowest BCUT2D eigenvalue weighted by Gasteiger charge is -2.46. The van der Waals surface area contributed by atoms with Gasteiger partial charge in [-0.25, -0.2) is 0 Å². The Kier molecular flexibility index (Phi) is 11.3. The van der Waals surface area contributed by atoms with E-state index < -0.39 is 86.2 Å². The number of rotatable bonds is 15. The van der Waals surface area contributed by atoms with Crippen molar-refractivity contribution in [2.45, 2.75) is 119 Å². The molecule has 0 amide bonds. The molecular weight excluding hydrogens is 703 g/mol. The molecule has 0 radical (unpaired) electrons. The molecule has 0 fully saturated rings. The van der Waals surface area contributed by atoms with Crippen LogP contribution in [0.3, 0.4) is 0 Å². The number of hydrogen-bond donors (Lipinski definition) is 0. The predicted molar refractivity (Wildman–Crippen MR) is 105 cm³/mol. The van der Waals surface area contributed by atoms with E-state index in [0.717, 1.165) is 0 Å². The minimum absolute atomic E-state index is 0.684. The Morgan fingerprint density at radius 2 is 0.500 bits per heavy atom. The molecule has 0 unspecified atom stereocenters. The van der Waals surface area contributed by atoms with Crippen LogP contribution in [-0.4, -0.2) is 86.2 Å². The molecule has 266 valence electrons. The van der Waals surface area contributed by atoms with E-state index in [4.69, 9.17) is 0 Å². The SMILES string of the molecule is CC(C)O[Si](OC(C)C)(OC(C)C)C(F)(F)C(F)(F)C(F)(F)C(F)(F)C(F)(F)C(F)(F)C(F)(F)C(F)(F)C(F)(F)C(F)(F)F. The third-order valence-corrected chi connectivity index (χ3v) is 8.50. The smallest absolute Gasteiger partial charge is 0.367 e. The third kappa shape index (κ3) is 5.94. The first-order chi connectivity index (χ1) is 18.7. The maximum absolute atomic E-state index is 15.2. The number of halogens is 21. The van der Waals surface area contributed by atoms with Crippen molar-refractivity contribution in [3.05, 3.63) is 0 Å². The second kappa shape index (κ2) is 11.7. The van der Waals surface area contributed by atoms with E-state index in [1.54, 1.807) is 0 Å². The lowest BCUT2D eigenvalue weighted by atomic mass is 9.87. The minimum atomic E-state index is -9.25. The van der Waals surface area contributed by atoms with Gasteiger partial charge in [0.05, 0.1) is 0 Å². The van der Waals surface area contributed by atoms with Crippen molar-refractivity contribution < 1.29 is 105 Å². The predicted octanol–water partition coefficient (Wildman–Crippen LogP) is 9.02. The molecule has 3 nitrogen and oxygen atoms in total. The second-order valence-corrected chi connectivity index (χ2v) is 12.2. The zero-order valence-electron chi connectivity index (χ0n) is 22.4. The van der Waals surface area contributed by atoms with Crippen molar-refractivity contribution in [2.24, 2.45) is 0 Å². The fourth-order valence-electron chi connectivity index (χ4n) is 2.99. The van der Waals surface area contributed by atoms with Crippen molar-refractivity contribution in [3.63, 3.8) is 0 Å². The Labute approximate surface area is 234 Å². The summed E-state index contributed by atoms with van der Waals surface area (Å²) in [5.41, 5.74) is -7.15. The van der Waals surface area contributed by atoms with Gasteiger partial charge in [0, 0.05) is 18.3 Å². The molecule has 0 saturated carbocycles. The fourth-order valence-corrected chi connectivity index (χ4v) is 6.00. The van der Waals surface area contributed by atoms with Gasteiger partial charge in [0.1, 0.15) is 0 Å². The minimum Gasteiger partial charge on any atom is -0.367 e. The van der Waals surface area contributed by atoms with Gasteiger partial charge in [0.15, 0.2) is 0 Å². The molecule has 0 N–H and O–H groups in total. The monoisotopic (exact) mass is 724 g/mol. The van der Waals surface area contributed by atoms with Gasteiger partial charge >= 0.3 is 67.9 Å². The van der Waals surface area contributed by atoms with Gasteiger partial charge in [0.2, 0.25) is 0 Å². The fraction of sp³-hybridized carbons (Fsp3) is 1.00. The normalized spacial score (nSPS) is 16.5. The Morgan fingerprint density at radius 1 is 0.318 bits per heavy atom. The summed E-state index contributed by atoms with van der Waals surface area (Å²) in [5.74, 6) is -71.2. The average Bonchev–Trinajstić information content (AvgIpc) is 2.75. The molecule has 0 aromatic heterocycles. The number of hydrogen-bond acceptors (Lipinski definition) is 3. The van der Waals surface area contributed by atoms with Crippen LogP contribution in [0.1, 0.15) is 41.5 Å². The van der Waals surface area contributed by atoms with Crippen molar-refractivity contribution >= 4 is 8.80 Å². The van der Waals surface area contributed by atoms with Crippen LogP contribution in [0.25, 0.3) is 0 Å². The molecule has 0 aliphatic rings. The Hall–Kier alpha value is -1.37. The Bertz CT molecular complexity index is 963. The van der Waals surface area contributed by atoms with Crippen molar-refractivity contribution in [1.82, 2.24) is 0 Å². The molecule has 0 rings (SSSR count). The highest BCUT2D eigenvalue weighted by Crippen LogP contribution is 2.66. The summed E-state index contributed by atoms with van der Waals surface area (Å²) in [6.45, 7) is 4.11. The molecule has 0 bridgehead atoms. The topological polar surface area (TPSA) is 27.7 Å². The molecule has 0 aromatic rings. The molecule has 0 aromatic carbocycles. The molecule has 0 saturated heterocycles. The van der Waals surface area contributed by atoms with E-state index in [0.29, 0.717) is 41.5 Å². The van der Waals surface area contributed by atoms with E-state index in [-0.39, 0.29) is 0 Å². The lowest BCUT2D eigenvalue weighted by Crippen LogP contribution is -2.80. The van der Waals surface area contributed by atoms with Crippen LogP contribution in [0.5, 0.6) is 0 Å². The Morgan fingerprint density at radius 3 is 0.682 bits per heavy atom. The highest BCUT2D eigenvalue weighted by Gasteiger charge is 2.99. The van der Waals surface area contributed by atoms with Crippen LogP contribution in [-0.2, 0) is 13.3 Å². The van der Waals surface area contributed by atoms with Crippen LogP contribution >= 0.6 is 0 Å². The summed E-state index contributed by atoms with van der Waals surface area (Å²) >= 11 is 0. The molecular formula is C19H21F21O3Si. The van der Waals surface area contributed by atoms with Gasteiger partial charge in [-0.2, -0.15) is 92.2 Å². The summed E-state index contributed by atoms with van der Waals surface area (Å²) in [6, 6.07) is 0. The summed E-state index contributed by atoms with van der Waals surface area (Å²) < 4.78 is 303. The van der Waals surface area contributed by atoms with E-state index in [1.165, 1.54) is 0 Å². The van der Waals surface area contributed by atoms with Crippen LogP contribution in [0.2, 0.25) is 0 Å². The van der Waals surface area contributed by atoms with E-state index >= 15 is 8.78 Å². The van der Waals surface area contributed by atoms with E-state index in [1.807, 2.05) is 0 Å². The zero-order chi connectivity index (χ0) is 36.4. The van der Waals surface area contributed by atoms with Gasteiger partial charge in [-0.1, -0.05) is 0 Å². The standard InChI is InChI=1S/C19H21F21O3Si/c1-7(2)41-44(42-8(3)4,43-9(5)6)19(39,40)17(34,35)15(30,31)13(26,27)11(22,23)10(20,21)12(24,25)14(28,29)16(32,33)18(36,37)38/h7-9H,1-6H3. The molecule has 0 aliphatic heterocycles. The Balaban J connectivity index is 7.58. The first-order valence-corrected chi connectivity index (χ1v) is 13.0. The van der Waals surface area contributed by atoms with Crippen LogP contribution in [0.15, 0.2) is 0 Å². The van der Waals surface area contributed by atoms with E-state index in [9.17, 15) is 83.4 Å². The molecule has 0 heterocycles. The average molecular weight is 724 g/mol. The highest BCUT2D eigenvalue weighted by molar-refractivity contribution is 6.64. The van der Waals surface area contributed by atoms with Crippen LogP contribution in [0.4, 0.5) is 92.2 Å². The summed E-state index contributed by atoms with van der Waals surface area (Å²) in [5, 5.41) is 0. The van der Waals surface area contributed by atoms with Crippen molar-refractivity contribution in [3.8, 4) is 0 Å². The molecule has 44 heavy (non-hydrogen) atoms. The van der Waals surface area contributed by atoms with Crippen LogP contribution in [0, 0.1) is 0 Å². The molecule has 0 spiro atoms. The van der Waals surface area contributed by atoms with Gasteiger partial charge in [-0.15, -0.1) is 0 Å². The van der Waals surface area contributed by atoms with Gasteiger partial charge in [-0.05, 0) is 41.5 Å². The summed E-state index contributed by atoms with van der Waals surface area (Å²) in [4.78, 5) is 0. The molecule has 0 aliphatic carbocycles. The second-order valence-electron chi connectivity index (χ2n) is 9.72. The maximum Gasteiger partial charge on any atom is 0.582 e. The van der Waals surface area contributed by atoms with Crippen LogP contribution < -0.4 is 0 Å². The zero-order valence-corrected chi connectivity index (χ0v) is 23.4. The summed E-state index contributed by atoms with van der Waals surface area (Å²) in [7, 11) is -7.08. The summed E-state index contributed by atoms with van der Waals surface area (Å²) in [6.07, 6.45) is -13.6. The molecule has 0 atom stereocenters. The highest BCUT2D eigenvalue weighted by atomic mass is 28.4. The van der Waals surface area contributed by atoms with Gasteiger partial charge < -0.3 is 13.3 Å². The van der Waals surface area contributed by atoms with E-state index in [2.05, 4.69) is 13.3 Å². The van der Waals surface area contributed by atoms with Crippen molar-refractivity contribution in [2.75, 3.05) is 0 Å². The first-order valence-electron chi connectivity index (χ1n) is 11.3. The largest absolute Gasteiger partial charge is 0.582 e. The van der Waals surface area contributed by atoms with Crippen molar-refractivity contribution in [1.29, 1.82) is 0 Å². The maximum atomic E-state index is 15.2. The van der Waals surface area contributed by atoms with Gasteiger partial charge in [-0.3, -0.25) is 0 Å². The van der Waals surface area contributed by atoms with Gasteiger partial charge in [0.25, 0.3) is 0 Å². The molecule has 25 heteroatoms. The third-order valence-electron chi connectivity index (χ3n) is 5.07. The number of alkyl halides is 21. The first kappa shape index (κ1) is 42.6.